The van der Waals surface area contributed by atoms with E-state index in [0.717, 1.165) is 70.6 Å². The fourth-order valence-electron chi connectivity index (χ4n) is 8.19. The molecule has 1 amide bonds. The van der Waals surface area contributed by atoms with Gasteiger partial charge in [-0.25, -0.2) is 0 Å². The van der Waals surface area contributed by atoms with Gasteiger partial charge in [0.2, 0.25) is 5.91 Å². The normalized spacial score (nSPS) is 12.9. The number of unbranched alkanes of at least 4 members (excludes halogenated alkanes) is 35. The van der Waals surface area contributed by atoms with Gasteiger partial charge in [-0.2, -0.15) is 0 Å². The van der Waals surface area contributed by atoms with Crippen molar-refractivity contribution in [2.75, 3.05) is 13.2 Å². The lowest BCUT2D eigenvalue weighted by Gasteiger charge is -2.20. The molecule has 364 valence electrons. The number of carbonyl (C=O) groups is 2. The summed E-state index contributed by atoms with van der Waals surface area (Å²) >= 11 is 0. The molecule has 0 aromatic rings. The molecule has 0 aliphatic rings. The van der Waals surface area contributed by atoms with Crippen molar-refractivity contribution < 1.29 is 24.5 Å². The summed E-state index contributed by atoms with van der Waals surface area (Å²) in [6, 6.07) is -0.646. The molecule has 0 spiro atoms. The van der Waals surface area contributed by atoms with E-state index < -0.39 is 12.1 Å². The molecule has 62 heavy (non-hydrogen) atoms. The molecule has 6 nitrogen and oxygen atoms in total. The summed E-state index contributed by atoms with van der Waals surface area (Å²) < 4.78 is 5.45. The molecule has 0 aromatic heterocycles. The second-order valence-corrected chi connectivity index (χ2v) is 18.6. The zero-order valence-corrected chi connectivity index (χ0v) is 41.4. The fraction of sp³-hybridized carbons (Fsp3) is 0.857. The fourth-order valence-corrected chi connectivity index (χ4v) is 8.19. The second kappa shape index (κ2) is 51.7. The van der Waals surface area contributed by atoms with Gasteiger partial charge in [0.05, 0.1) is 25.4 Å². The topological polar surface area (TPSA) is 95.9 Å². The van der Waals surface area contributed by atoms with Gasteiger partial charge in [-0.1, -0.05) is 243 Å². The standard InChI is InChI=1S/C56H105NO5/c1-3-5-7-9-11-13-15-17-19-21-22-23-24-26-28-32-36-40-44-48-54(59)53(52-58)57-55(60)49-45-41-37-33-30-31-35-39-43-47-51-62-56(61)50-46-42-38-34-29-27-25-20-18-16-14-12-10-8-6-4-2/h14,16,20,25,44,48,53-54,58-59H,3-13,15,17-19,21-24,26-43,45-47,49-52H2,1-2H3,(H,57,60)/b16-14-,25-20-,48-44+. The van der Waals surface area contributed by atoms with Crippen LogP contribution in [0.2, 0.25) is 0 Å². The van der Waals surface area contributed by atoms with Gasteiger partial charge in [-0.15, -0.1) is 0 Å². The molecule has 0 rings (SSSR count). The Balaban J connectivity index is 3.53. The van der Waals surface area contributed by atoms with E-state index in [1.807, 2.05) is 6.08 Å². The third-order valence-corrected chi connectivity index (χ3v) is 12.4. The lowest BCUT2D eigenvalue weighted by molar-refractivity contribution is -0.143. The van der Waals surface area contributed by atoms with Crippen LogP contribution < -0.4 is 5.32 Å². The van der Waals surface area contributed by atoms with Gasteiger partial charge >= 0.3 is 5.97 Å². The van der Waals surface area contributed by atoms with Crippen LogP contribution in [0.25, 0.3) is 0 Å². The summed E-state index contributed by atoms with van der Waals surface area (Å²) in [6.45, 7) is 4.83. The number of aliphatic hydroxyl groups is 2. The van der Waals surface area contributed by atoms with E-state index in [-0.39, 0.29) is 18.5 Å². The largest absolute Gasteiger partial charge is 0.466 e. The molecule has 0 aromatic carbocycles. The number of esters is 1. The highest BCUT2D eigenvalue weighted by molar-refractivity contribution is 5.76. The molecule has 0 fully saturated rings. The predicted octanol–water partition coefficient (Wildman–Crippen LogP) is 16.5. The highest BCUT2D eigenvalue weighted by atomic mass is 16.5. The van der Waals surface area contributed by atoms with Crippen LogP contribution >= 0.6 is 0 Å². The maximum atomic E-state index is 12.5. The minimum absolute atomic E-state index is 0.0343. The summed E-state index contributed by atoms with van der Waals surface area (Å²) in [5.74, 6) is -0.125. The monoisotopic (exact) mass is 872 g/mol. The SMILES string of the molecule is CCCCCC/C=C\C/C=C\CCCCCCCC(=O)OCCCCCCCCCCCCC(=O)NC(CO)C(O)/C=C/CCCCCCCCCCCCCCCCCCC. The Bertz CT molecular complexity index is 1010. The zero-order chi connectivity index (χ0) is 45.1. The maximum Gasteiger partial charge on any atom is 0.305 e. The molecular formula is C56H105NO5. The van der Waals surface area contributed by atoms with E-state index in [4.69, 9.17) is 4.74 Å². The number of carbonyl (C=O) groups excluding carboxylic acids is 2. The lowest BCUT2D eigenvalue weighted by Crippen LogP contribution is -2.45. The number of ether oxygens (including phenoxy) is 1. The Kier molecular flexibility index (Phi) is 50.1. The molecule has 3 N–H and O–H groups in total. The molecule has 2 atom stereocenters. The zero-order valence-electron chi connectivity index (χ0n) is 41.4. The minimum atomic E-state index is -0.861. The number of hydrogen-bond donors (Lipinski definition) is 3. The van der Waals surface area contributed by atoms with Crippen molar-refractivity contribution in [3.8, 4) is 0 Å². The summed E-state index contributed by atoms with van der Waals surface area (Å²) in [5, 5.41) is 23.1. The average molecular weight is 872 g/mol. The maximum absolute atomic E-state index is 12.5. The van der Waals surface area contributed by atoms with E-state index in [0.29, 0.717) is 19.4 Å². The van der Waals surface area contributed by atoms with Crippen molar-refractivity contribution in [2.24, 2.45) is 0 Å². The molecule has 0 heterocycles. The molecule has 6 heteroatoms. The van der Waals surface area contributed by atoms with E-state index in [9.17, 15) is 19.8 Å². The summed E-state index contributed by atoms with van der Waals surface area (Å²) in [6.07, 6.45) is 62.9. The number of amides is 1. The van der Waals surface area contributed by atoms with Crippen molar-refractivity contribution in [3.05, 3.63) is 36.5 Å². The molecule has 2 unspecified atom stereocenters. The van der Waals surface area contributed by atoms with Crippen LogP contribution in [0.3, 0.4) is 0 Å². The average Bonchev–Trinajstić information content (AvgIpc) is 3.27. The number of aliphatic hydroxyl groups excluding tert-OH is 2. The molecule has 0 radical (unpaired) electrons. The van der Waals surface area contributed by atoms with E-state index in [1.54, 1.807) is 6.08 Å². The number of hydrogen-bond acceptors (Lipinski definition) is 5. The van der Waals surface area contributed by atoms with E-state index in [2.05, 4.69) is 43.5 Å². The summed E-state index contributed by atoms with van der Waals surface area (Å²) in [5.41, 5.74) is 0. The second-order valence-electron chi connectivity index (χ2n) is 18.6. The van der Waals surface area contributed by atoms with Crippen molar-refractivity contribution in [1.82, 2.24) is 5.32 Å². The quantitative estimate of drug-likeness (QED) is 0.0321. The van der Waals surface area contributed by atoms with Gasteiger partial charge in [0.1, 0.15) is 0 Å². The first-order valence-corrected chi connectivity index (χ1v) is 27.3. The van der Waals surface area contributed by atoms with Gasteiger partial charge in [0, 0.05) is 12.8 Å². The Morgan fingerprint density at radius 2 is 0.806 bits per heavy atom. The molecule has 0 aliphatic heterocycles. The highest BCUT2D eigenvalue weighted by Gasteiger charge is 2.18. The van der Waals surface area contributed by atoms with Crippen LogP contribution in [-0.2, 0) is 14.3 Å². The van der Waals surface area contributed by atoms with Crippen molar-refractivity contribution in [2.45, 2.75) is 296 Å². The van der Waals surface area contributed by atoms with Crippen molar-refractivity contribution >= 4 is 11.9 Å². The summed E-state index contributed by atoms with van der Waals surface area (Å²) in [7, 11) is 0. The lowest BCUT2D eigenvalue weighted by atomic mass is 10.0. The van der Waals surface area contributed by atoms with Crippen molar-refractivity contribution in [3.63, 3.8) is 0 Å². The van der Waals surface area contributed by atoms with Crippen LogP contribution in [-0.4, -0.2) is 47.4 Å². The van der Waals surface area contributed by atoms with Crippen LogP contribution in [0.5, 0.6) is 0 Å². The molecular weight excluding hydrogens is 767 g/mol. The third-order valence-electron chi connectivity index (χ3n) is 12.4. The number of nitrogens with one attached hydrogen (secondary N) is 1. The van der Waals surface area contributed by atoms with Crippen LogP contribution in [0.1, 0.15) is 284 Å². The summed E-state index contributed by atoms with van der Waals surface area (Å²) in [4.78, 5) is 24.5. The highest BCUT2D eigenvalue weighted by Crippen LogP contribution is 2.16. The Morgan fingerprint density at radius 3 is 1.24 bits per heavy atom. The minimum Gasteiger partial charge on any atom is -0.466 e. The van der Waals surface area contributed by atoms with Crippen molar-refractivity contribution in [1.29, 1.82) is 0 Å². The Morgan fingerprint density at radius 1 is 0.452 bits per heavy atom. The van der Waals surface area contributed by atoms with Gasteiger partial charge in [0.15, 0.2) is 0 Å². The van der Waals surface area contributed by atoms with Gasteiger partial charge < -0.3 is 20.3 Å². The van der Waals surface area contributed by atoms with Crippen LogP contribution in [0.4, 0.5) is 0 Å². The number of rotatable bonds is 50. The van der Waals surface area contributed by atoms with E-state index in [1.165, 1.54) is 186 Å². The Labute approximate surface area is 385 Å². The first kappa shape index (κ1) is 60.1. The molecule has 0 bridgehead atoms. The molecule has 0 saturated heterocycles. The van der Waals surface area contributed by atoms with Gasteiger partial charge in [0.25, 0.3) is 0 Å². The Hall–Kier alpha value is -1.92. The molecule has 0 saturated carbocycles. The van der Waals surface area contributed by atoms with Crippen LogP contribution in [0.15, 0.2) is 36.5 Å². The van der Waals surface area contributed by atoms with Crippen LogP contribution in [0, 0.1) is 0 Å². The first-order valence-electron chi connectivity index (χ1n) is 27.3. The number of allylic oxidation sites excluding steroid dienone is 5. The van der Waals surface area contributed by atoms with Gasteiger partial charge in [-0.05, 0) is 64.2 Å². The first-order chi connectivity index (χ1) is 30.5. The van der Waals surface area contributed by atoms with E-state index >= 15 is 0 Å². The van der Waals surface area contributed by atoms with Gasteiger partial charge in [-0.3, -0.25) is 9.59 Å². The third kappa shape index (κ3) is 47.6. The smallest absolute Gasteiger partial charge is 0.305 e. The predicted molar refractivity (Wildman–Crippen MR) is 269 cm³/mol. The molecule has 0 aliphatic carbocycles.